The van der Waals surface area contributed by atoms with Gasteiger partial charge in [0.25, 0.3) is 10.0 Å². The second-order valence-corrected chi connectivity index (χ2v) is 9.21. The molecule has 1 N–H and O–H groups in total. The first kappa shape index (κ1) is 20.3. The van der Waals surface area contributed by atoms with Gasteiger partial charge >= 0.3 is 0 Å². The molecule has 30 heavy (non-hydrogen) atoms. The third-order valence-electron chi connectivity index (χ3n) is 5.29. The predicted molar refractivity (Wildman–Crippen MR) is 115 cm³/mol. The lowest BCUT2D eigenvalue weighted by molar-refractivity contribution is 0.436. The van der Waals surface area contributed by atoms with E-state index in [1.165, 1.54) is 18.2 Å². The normalized spacial score (nSPS) is 15.2. The molecule has 0 aliphatic carbocycles. The van der Waals surface area contributed by atoms with Crippen molar-refractivity contribution in [1.82, 2.24) is 10.2 Å². The molecule has 0 bridgehead atoms. The second-order valence-electron chi connectivity index (χ2n) is 7.56. The van der Waals surface area contributed by atoms with Gasteiger partial charge in [0.15, 0.2) is 5.82 Å². The Bertz CT molecular complexity index is 1130. The summed E-state index contributed by atoms with van der Waals surface area (Å²) in [5.41, 5.74) is 1.68. The van der Waals surface area contributed by atoms with Crippen LogP contribution in [0.15, 0.2) is 65.6 Å². The van der Waals surface area contributed by atoms with Gasteiger partial charge < -0.3 is 4.90 Å². The van der Waals surface area contributed by atoms with Gasteiger partial charge in [0.2, 0.25) is 0 Å². The standard InChI is InChI=1S/C22H23FN4O2S/c1-16-11-13-27(14-12-16)22-10-9-20(24-25-22)17-5-4-6-18(15-17)26-30(28,29)21-8-3-2-7-19(21)23/h2-10,15-16,26H,11-14H2,1H3. The highest BCUT2D eigenvalue weighted by molar-refractivity contribution is 7.92. The van der Waals surface area contributed by atoms with Crippen molar-refractivity contribution in [3.8, 4) is 11.3 Å². The summed E-state index contributed by atoms with van der Waals surface area (Å²) in [7, 11) is -4.04. The number of hydrogen-bond donors (Lipinski definition) is 1. The molecule has 3 aromatic rings. The first-order valence-corrected chi connectivity index (χ1v) is 11.4. The number of hydrogen-bond acceptors (Lipinski definition) is 5. The fourth-order valence-electron chi connectivity index (χ4n) is 3.50. The lowest BCUT2D eigenvalue weighted by Crippen LogP contribution is -2.33. The molecule has 1 fully saturated rings. The third kappa shape index (κ3) is 4.43. The summed E-state index contributed by atoms with van der Waals surface area (Å²) in [6.45, 7) is 4.21. The van der Waals surface area contributed by atoms with Crippen molar-refractivity contribution >= 4 is 21.5 Å². The number of rotatable bonds is 5. The smallest absolute Gasteiger partial charge is 0.264 e. The molecule has 0 radical (unpaired) electrons. The van der Waals surface area contributed by atoms with E-state index in [4.69, 9.17) is 0 Å². The Morgan fingerprint density at radius 1 is 1.00 bits per heavy atom. The van der Waals surface area contributed by atoms with Gasteiger partial charge in [-0.25, -0.2) is 12.8 Å². The summed E-state index contributed by atoms with van der Waals surface area (Å²) in [6.07, 6.45) is 2.29. The summed E-state index contributed by atoms with van der Waals surface area (Å²) in [5, 5.41) is 8.68. The van der Waals surface area contributed by atoms with Crippen molar-refractivity contribution < 1.29 is 12.8 Å². The average molecular weight is 427 g/mol. The quantitative estimate of drug-likeness (QED) is 0.658. The molecule has 2 heterocycles. The van der Waals surface area contributed by atoms with Crippen molar-refractivity contribution in [2.45, 2.75) is 24.7 Å². The minimum atomic E-state index is -4.04. The molecule has 0 atom stereocenters. The average Bonchev–Trinajstić information content (AvgIpc) is 2.74. The molecule has 156 valence electrons. The van der Waals surface area contributed by atoms with Gasteiger partial charge in [-0.3, -0.25) is 4.72 Å². The maximum absolute atomic E-state index is 13.9. The van der Waals surface area contributed by atoms with Crippen LogP contribution in [-0.4, -0.2) is 31.7 Å². The van der Waals surface area contributed by atoms with Crippen LogP contribution in [0.2, 0.25) is 0 Å². The lowest BCUT2D eigenvalue weighted by atomic mass is 9.99. The predicted octanol–water partition coefficient (Wildman–Crippen LogP) is 4.32. The molecule has 8 heteroatoms. The molecular weight excluding hydrogens is 403 g/mol. The maximum atomic E-state index is 13.9. The van der Waals surface area contributed by atoms with Gasteiger partial charge in [0.1, 0.15) is 10.7 Å². The molecule has 2 aromatic carbocycles. The molecule has 1 aliphatic rings. The SMILES string of the molecule is CC1CCN(c2ccc(-c3cccc(NS(=O)(=O)c4ccccc4F)c3)nn2)CC1. The number of anilines is 2. The van der Waals surface area contributed by atoms with Gasteiger partial charge in [0.05, 0.1) is 5.69 Å². The molecule has 0 unspecified atom stereocenters. The number of halogens is 1. The minimum absolute atomic E-state index is 0.326. The first-order valence-electron chi connectivity index (χ1n) is 9.89. The zero-order valence-electron chi connectivity index (χ0n) is 16.6. The van der Waals surface area contributed by atoms with Gasteiger partial charge in [-0.1, -0.05) is 31.2 Å². The molecule has 0 saturated carbocycles. The van der Waals surface area contributed by atoms with Crippen LogP contribution in [0.1, 0.15) is 19.8 Å². The fraction of sp³-hybridized carbons (Fsp3) is 0.273. The van der Waals surface area contributed by atoms with E-state index in [1.807, 2.05) is 18.2 Å². The topological polar surface area (TPSA) is 75.2 Å². The van der Waals surface area contributed by atoms with E-state index in [1.54, 1.807) is 18.2 Å². The summed E-state index contributed by atoms with van der Waals surface area (Å²) >= 11 is 0. The summed E-state index contributed by atoms with van der Waals surface area (Å²) in [6, 6.07) is 15.9. The molecule has 0 amide bonds. The van der Waals surface area contributed by atoms with Gasteiger partial charge in [-0.2, -0.15) is 0 Å². The molecular formula is C22H23FN4O2S. The Hall–Kier alpha value is -3.00. The Morgan fingerprint density at radius 2 is 1.77 bits per heavy atom. The van der Waals surface area contributed by atoms with Gasteiger partial charge in [-0.05, 0) is 55.2 Å². The molecule has 0 spiro atoms. The lowest BCUT2D eigenvalue weighted by Gasteiger charge is -2.30. The largest absolute Gasteiger partial charge is 0.355 e. The van der Waals surface area contributed by atoms with E-state index in [-0.39, 0.29) is 0 Å². The van der Waals surface area contributed by atoms with Crippen LogP contribution in [0, 0.1) is 11.7 Å². The molecule has 6 nitrogen and oxygen atoms in total. The van der Waals surface area contributed by atoms with Crippen molar-refractivity contribution in [2.24, 2.45) is 5.92 Å². The van der Waals surface area contributed by atoms with Crippen molar-refractivity contribution in [2.75, 3.05) is 22.7 Å². The van der Waals surface area contributed by atoms with Crippen molar-refractivity contribution in [3.63, 3.8) is 0 Å². The second kappa shape index (κ2) is 8.39. The zero-order valence-corrected chi connectivity index (χ0v) is 17.4. The van der Waals surface area contributed by atoms with E-state index in [0.717, 1.165) is 49.3 Å². The van der Waals surface area contributed by atoms with Gasteiger partial charge in [-0.15, -0.1) is 10.2 Å². The van der Waals surface area contributed by atoms with Crippen LogP contribution in [0.5, 0.6) is 0 Å². The molecule has 1 saturated heterocycles. The van der Waals surface area contributed by atoms with Crippen LogP contribution in [0.3, 0.4) is 0 Å². The minimum Gasteiger partial charge on any atom is -0.355 e. The third-order valence-corrected chi connectivity index (χ3v) is 6.71. The molecule has 4 rings (SSSR count). The van der Waals surface area contributed by atoms with E-state index >= 15 is 0 Å². The van der Waals surface area contributed by atoms with Crippen LogP contribution in [0.25, 0.3) is 11.3 Å². The van der Waals surface area contributed by atoms with E-state index in [9.17, 15) is 12.8 Å². The van der Waals surface area contributed by atoms with Gasteiger partial charge in [0, 0.05) is 24.3 Å². The van der Waals surface area contributed by atoms with Crippen LogP contribution in [-0.2, 0) is 10.0 Å². The number of piperidine rings is 1. The number of aromatic nitrogens is 2. The van der Waals surface area contributed by atoms with Crippen LogP contribution >= 0.6 is 0 Å². The highest BCUT2D eigenvalue weighted by Crippen LogP contribution is 2.26. The molecule has 1 aliphatic heterocycles. The Balaban J connectivity index is 1.53. The van der Waals surface area contributed by atoms with E-state index in [2.05, 4.69) is 26.7 Å². The number of sulfonamides is 1. The summed E-state index contributed by atoms with van der Waals surface area (Å²) < 4.78 is 41.4. The Morgan fingerprint density at radius 3 is 2.47 bits per heavy atom. The number of nitrogens with one attached hydrogen (secondary N) is 1. The Labute approximate surface area is 175 Å². The van der Waals surface area contributed by atoms with Crippen molar-refractivity contribution in [3.05, 3.63) is 66.5 Å². The van der Waals surface area contributed by atoms with Crippen LogP contribution in [0.4, 0.5) is 15.9 Å². The first-order chi connectivity index (χ1) is 14.4. The monoisotopic (exact) mass is 426 g/mol. The number of benzene rings is 2. The molecule has 1 aromatic heterocycles. The summed E-state index contributed by atoms with van der Waals surface area (Å²) in [4.78, 5) is 1.84. The van der Waals surface area contributed by atoms with E-state index in [0.29, 0.717) is 11.4 Å². The summed E-state index contributed by atoms with van der Waals surface area (Å²) in [5.74, 6) is 0.793. The fourth-order valence-corrected chi connectivity index (χ4v) is 4.63. The highest BCUT2D eigenvalue weighted by Gasteiger charge is 2.19. The van der Waals surface area contributed by atoms with Crippen molar-refractivity contribution in [1.29, 1.82) is 0 Å². The Kier molecular flexibility index (Phi) is 5.67. The highest BCUT2D eigenvalue weighted by atomic mass is 32.2. The zero-order chi connectivity index (χ0) is 21.1. The van der Waals surface area contributed by atoms with E-state index < -0.39 is 20.7 Å². The maximum Gasteiger partial charge on any atom is 0.264 e. The number of nitrogens with zero attached hydrogens (tertiary/aromatic N) is 3. The van der Waals surface area contributed by atoms with Crippen LogP contribution < -0.4 is 9.62 Å².